The zero-order chi connectivity index (χ0) is 21.4. The first-order valence-corrected chi connectivity index (χ1v) is 10.8. The number of carbonyl (C=O) groups is 2. The fourth-order valence-corrected chi connectivity index (χ4v) is 4.75. The smallest absolute Gasteiger partial charge is 0.261 e. The van der Waals surface area contributed by atoms with Crippen LogP contribution in [0.4, 0.5) is 10.1 Å². The molecule has 2 heterocycles. The third-order valence-corrected chi connectivity index (χ3v) is 6.43. The molecule has 1 fully saturated rings. The Balaban J connectivity index is 1.18. The summed E-state index contributed by atoms with van der Waals surface area (Å²) < 4.78 is 13.1. The number of anilines is 1. The highest BCUT2D eigenvalue weighted by atomic mass is 19.1. The number of piperazine rings is 1. The van der Waals surface area contributed by atoms with Crippen LogP contribution in [-0.2, 0) is 0 Å². The minimum absolute atomic E-state index is 0.189. The highest BCUT2D eigenvalue weighted by molar-refractivity contribution is 6.25. The SMILES string of the molecule is O=C1c2cccc3cccc(c23)C(=O)N1CCC[NH+]1CCN(c2ccc(F)cc2)CC1. The largest absolute Gasteiger partial charge is 0.360 e. The van der Waals surface area contributed by atoms with E-state index in [1.165, 1.54) is 21.9 Å². The molecular formula is C25H25FN3O2+. The molecule has 2 amide bonds. The van der Waals surface area contributed by atoms with Gasteiger partial charge in [0.25, 0.3) is 11.8 Å². The van der Waals surface area contributed by atoms with E-state index in [2.05, 4.69) is 4.90 Å². The second-order valence-corrected chi connectivity index (χ2v) is 8.29. The monoisotopic (exact) mass is 418 g/mol. The average molecular weight is 418 g/mol. The molecule has 0 saturated carbocycles. The average Bonchev–Trinajstić information content (AvgIpc) is 2.80. The Morgan fingerprint density at radius 3 is 2.06 bits per heavy atom. The molecule has 0 atom stereocenters. The predicted molar refractivity (Wildman–Crippen MR) is 118 cm³/mol. The van der Waals surface area contributed by atoms with Crippen LogP contribution in [0.1, 0.15) is 27.1 Å². The molecule has 0 spiro atoms. The molecule has 0 aliphatic carbocycles. The zero-order valence-electron chi connectivity index (χ0n) is 17.3. The van der Waals surface area contributed by atoms with Gasteiger partial charge >= 0.3 is 0 Å². The lowest BCUT2D eigenvalue weighted by Crippen LogP contribution is -3.15. The minimum Gasteiger partial charge on any atom is -0.360 e. The molecule has 158 valence electrons. The van der Waals surface area contributed by atoms with Crippen molar-refractivity contribution in [1.82, 2.24) is 4.90 Å². The van der Waals surface area contributed by atoms with Crippen LogP contribution in [0, 0.1) is 5.82 Å². The molecule has 0 unspecified atom stereocenters. The fraction of sp³-hybridized carbons (Fsp3) is 0.280. The lowest BCUT2D eigenvalue weighted by Gasteiger charge is -2.34. The number of hydrogen-bond donors (Lipinski definition) is 1. The number of amides is 2. The molecule has 3 aromatic rings. The number of nitrogens with one attached hydrogen (secondary N) is 1. The van der Waals surface area contributed by atoms with Gasteiger partial charge in [0.1, 0.15) is 5.82 Å². The van der Waals surface area contributed by atoms with E-state index in [-0.39, 0.29) is 17.6 Å². The quantitative estimate of drug-likeness (QED) is 0.647. The van der Waals surface area contributed by atoms with Crippen molar-refractivity contribution >= 4 is 28.3 Å². The number of hydrogen-bond acceptors (Lipinski definition) is 3. The second kappa shape index (κ2) is 8.12. The van der Waals surface area contributed by atoms with Crippen molar-refractivity contribution in [3.8, 4) is 0 Å². The Bertz CT molecular complexity index is 1090. The van der Waals surface area contributed by atoms with Crippen LogP contribution in [0.2, 0.25) is 0 Å². The fourth-order valence-electron chi connectivity index (χ4n) is 4.75. The molecular weight excluding hydrogens is 393 g/mol. The van der Waals surface area contributed by atoms with Crippen molar-refractivity contribution in [3.63, 3.8) is 0 Å². The van der Waals surface area contributed by atoms with Gasteiger partial charge in [-0.3, -0.25) is 14.5 Å². The zero-order valence-corrected chi connectivity index (χ0v) is 17.3. The van der Waals surface area contributed by atoms with Gasteiger partial charge in [0.2, 0.25) is 0 Å². The van der Waals surface area contributed by atoms with Gasteiger partial charge in [-0.15, -0.1) is 0 Å². The summed E-state index contributed by atoms with van der Waals surface area (Å²) >= 11 is 0. The predicted octanol–water partition coefficient (Wildman–Crippen LogP) is 2.37. The lowest BCUT2D eigenvalue weighted by molar-refractivity contribution is -0.900. The molecule has 2 aliphatic rings. The summed E-state index contributed by atoms with van der Waals surface area (Å²) in [4.78, 5) is 31.1. The van der Waals surface area contributed by atoms with E-state index < -0.39 is 0 Å². The van der Waals surface area contributed by atoms with E-state index in [4.69, 9.17) is 0 Å². The maximum absolute atomic E-state index is 13.1. The van der Waals surface area contributed by atoms with Crippen LogP contribution in [0.5, 0.6) is 0 Å². The van der Waals surface area contributed by atoms with E-state index in [0.717, 1.165) is 55.6 Å². The molecule has 0 radical (unpaired) electrons. The van der Waals surface area contributed by atoms with E-state index in [0.29, 0.717) is 17.7 Å². The molecule has 5 rings (SSSR count). The van der Waals surface area contributed by atoms with Crippen molar-refractivity contribution in [3.05, 3.63) is 77.6 Å². The van der Waals surface area contributed by atoms with Crippen molar-refractivity contribution < 1.29 is 18.9 Å². The molecule has 0 aromatic heterocycles. The van der Waals surface area contributed by atoms with Crippen LogP contribution in [0.25, 0.3) is 10.8 Å². The standard InChI is InChI=1S/C25H24FN3O2/c26-19-8-10-20(11-9-19)28-16-14-27(15-17-28)12-3-13-29-24(30)21-6-1-4-18-5-2-7-22(23(18)21)25(29)31/h1-2,4-11H,3,12-17H2/p+1. The maximum Gasteiger partial charge on any atom is 0.261 e. The van der Waals surface area contributed by atoms with Crippen LogP contribution >= 0.6 is 0 Å². The van der Waals surface area contributed by atoms with Gasteiger partial charge in [0.05, 0.1) is 32.7 Å². The van der Waals surface area contributed by atoms with Crippen LogP contribution in [-0.4, -0.2) is 56.0 Å². The van der Waals surface area contributed by atoms with E-state index >= 15 is 0 Å². The maximum atomic E-state index is 13.1. The van der Waals surface area contributed by atoms with E-state index in [1.807, 2.05) is 48.5 Å². The Kier molecular flexibility index (Phi) is 5.16. The van der Waals surface area contributed by atoms with Crippen LogP contribution in [0.3, 0.4) is 0 Å². The summed E-state index contributed by atoms with van der Waals surface area (Å²) in [6.45, 7) is 5.16. The summed E-state index contributed by atoms with van der Waals surface area (Å²) in [7, 11) is 0. The number of rotatable bonds is 5. The van der Waals surface area contributed by atoms with Crippen LogP contribution < -0.4 is 9.80 Å². The van der Waals surface area contributed by atoms with E-state index in [1.54, 1.807) is 0 Å². The summed E-state index contributed by atoms with van der Waals surface area (Å²) in [6, 6.07) is 17.9. The summed E-state index contributed by atoms with van der Waals surface area (Å²) in [5.41, 5.74) is 2.29. The molecule has 0 bridgehead atoms. The molecule has 3 aromatic carbocycles. The first kappa shape index (κ1) is 19.7. The molecule has 31 heavy (non-hydrogen) atoms. The van der Waals surface area contributed by atoms with Gasteiger partial charge in [-0.25, -0.2) is 4.39 Å². The van der Waals surface area contributed by atoms with Gasteiger partial charge in [0.15, 0.2) is 0 Å². The molecule has 1 saturated heterocycles. The number of halogens is 1. The Morgan fingerprint density at radius 1 is 0.839 bits per heavy atom. The second-order valence-electron chi connectivity index (χ2n) is 8.29. The highest BCUT2D eigenvalue weighted by Gasteiger charge is 2.32. The number of benzene rings is 3. The van der Waals surface area contributed by atoms with Crippen molar-refractivity contribution in [1.29, 1.82) is 0 Å². The third kappa shape index (κ3) is 3.68. The minimum atomic E-state index is -0.214. The highest BCUT2D eigenvalue weighted by Crippen LogP contribution is 2.29. The Labute approximate surface area is 180 Å². The molecule has 6 heteroatoms. The normalized spacial score (nSPS) is 16.9. The number of nitrogens with zero attached hydrogens (tertiary/aromatic N) is 2. The lowest BCUT2D eigenvalue weighted by atomic mass is 9.94. The Morgan fingerprint density at radius 2 is 1.45 bits per heavy atom. The van der Waals surface area contributed by atoms with Gasteiger partial charge in [-0.2, -0.15) is 0 Å². The first-order chi connectivity index (χ1) is 15.1. The Hall–Kier alpha value is -3.25. The molecule has 5 nitrogen and oxygen atoms in total. The number of imide groups is 1. The van der Waals surface area contributed by atoms with Crippen LogP contribution in [0.15, 0.2) is 60.7 Å². The molecule has 1 N–H and O–H groups in total. The third-order valence-electron chi connectivity index (χ3n) is 6.43. The topological polar surface area (TPSA) is 45.1 Å². The summed E-state index contributed by atoms with van der Waals surface area (Å²) in [6.07, 6.45) is 0.779. The van der Waals surface area contributed by atoms with Crippen molar-refractivity contribution in [2.24, 2.45) is 0 Å². The summed E-state index contributed by atoms with van der Waals surface area (Å²) in [5.74, 6) is -0.593. The number of carbonyl (C=O) groups excluding carboxylic acids is 2. The van der Waals surface area contributed by atoms with E-state index in [9.17, 15) is 14.0 Å². The van der Waals surface area contributed by atoms with Crippen molar-refractivity contribution in [2.75, 3.05) is 44.2 Å². The summed E-state index contributed by atoms with van der Waals surface area (Å²) in [5, 5.41) is 1.71. The van der Waals surface area contributed by atoms with Gasteiger partial charge < -0.3 is 9.80 Å². The first-order valence-electron chi connectivity index (χ1n) is 10.8. The molecule has 2 aliphatic heterocycles. The van der Waals surface area contributed by atoms with Gasteiger partial charge in [0, 0.05) is 35.2 Å². The van der Waals surface area contributed by atoms with Gasteiger partial charge in [-0.05, 0) is 41.8 Å². The van der Waals surface area contributed by atoms with Crippen molar-refractivity contribution in [2.45, 2.75) is 6.42 Å². The number of quaternary nitrogens is 1. The van der Waals surface area contributed by atoms with Gasteiger partial charge in [-0.1, -0.05) is 24.3 Å².